The van der Waals surface area contributed by atoms with Crippen molar-refractivity contribution in [1.29, 1.82) is 0 Å². The molecular formula is C9H11N3O7S. The van der Waals surface area contributed by atoms with Gasteiger partial charge in [0, 0.05) is 0 Å². The Labute approximate surface area is 113 Å². The minimum Gasteiger partial charge on any atom is -0.493 e. The van der Waals surface area contributed by atoms with E-state index >= 15 is 0 Å². The number of sulfonamides is 1. The number of hydrogen-bond donors (Lipinski definition) is 1. The number of nitro groups is 2. The van der Waals surface area contributed by atoms with Crippen molar-refractivity contribution in [3.8, 4) is 5.75 Å². The van der Waals surface area contributed by atoms with E-state index in [1.807, 2.05) is 0 Å². The molecule has 0 bridgehead atoms. The molecule has 0 spiro atoms. The molecule has 10 nitrogen and oxygen atoms in total. The molecular weight excluding hydrogens is 294 g/mol. The highest BCUT2D eigenvalue weighted by Crippen LogP contribution is 2.38. The molecule has 0 radical (unpaired) electrons. The van der Waals surface area contributed by atoms with E-state index in [9.17, 15) is 28.6 Å². The van der Waals surface area contributed by atoms with Crippen molar-refractivity contribution in [1.82, 2.24) is 0 Å². The van der Waals surface area contributed by atoms with Crippen molar-refractivity contribution in [2.75, 3.05) is 17.6 Å². The number of benzene rings is 1. The normalized spacial score (nSPS) is 10.9. The SMILES string of the molecule is CCOc1cc([N+](=O)[O-])c(NS(C)(=O)=O)c([N+](=O)[O-])c1. The summed E-state index contributed by atoms with van der Waals surface area (Å²) in [5, 5.41) is 21.9. The lowest BCUT2D eigenvalue weighted by molar-refractivity contribution is -0.392. The number of nitrogens with zero attached hydrogens (tertiary/aromatic N) is 2. The maximum absolute atomic E-state index is 11.2. The number of nitro benzene ring substituents is 2. The summed E-state index contributed by atoms with van der Waals surface area (Å²) in [6.45, 7) is 1.74. The molecule has 0 aliphatic rings. The first-order valence-electron chi connectivity index (χ1n) is 5.23. The largest absolute Gasteiger partial charge is 0.493 e. The van der Waals surface area contributed by atoms with Crippen LogP contribution in [0.15, 0.2) is 12.1 Å². The third-order valence-electron chi connectivity index (χ3n) is 2.06. The van der Waals surface area contributed by atoms with E-state index in [0.29, 0.717) is 0 Å². The van der Waals surface area contributed by atoms with Gasteiger partial charge in [0.2, 0.25) is 15.7 Å². The molecule has 1 rings (SSSR count). The van der Waals surface area contributed by atoms with Crippen LogP contribution >= 0.6 is 0 Å². The summed E-state index contributed by atoms with van der Waals surface area (Å²) in [7, 11) is -3.91. The third-order valence-corrected chi connectivity index (χ3v) is 2.64. The van der Waals surface area contributed by atoms with Crippen molar-refractivity contribution in [2.24, 2.45) is 0 Å². The van der Waals surface area contributed by atoms with E-state index in [4.69, 9.17) is 4.74 Å². The highest BCUT2D eigenvalue weighted by atomic mass is 32.2. The zero-order valence-electron chi connectivity index (χ0n) is 10.5. The zero-order chi connectivity index (χ0) is 15.5. The Bertz CT molecular complexity index is 621. The number of ether oxygens (including phenoxy) is 1. The second kappa shape index (κ2) is 5.69. The highest BCUT2D eigenvalue weighted by molar-refractivity contribution is 7.92. The predicted octanol–water partition coefficient (Wildman–Crippen LogP) is 1.27. The van der Waals surface area contributed by atoms with Gasteiger partial charge in [-0.15, -0.1) is 0 Å². The minimum atomic E-state index is -3.91. The maximum Gasteiger partial charge on any atom is 0.304 e. The van der Waals surface area contributed by atoms with E-state index in [-0.39, 0.29) is 12.4 Å². The first-order valence-corrected chi connectivity index (χ1v) is 7.12. The van der Waals surface area contributed by atoms with Crippen LogP contribution in [0.3, 0.4) is 0 Å². The summed E-state index contributed by atoms with van der Waals surface area (Å²) >= 11 is 0. The van der Waals surface area contributed by atoms with Crippen LogP contribution in [0.5, 0.6) is 5.75 Å². The summed E-state index contributed by atoms with van der Waals surface area (Å²) in [6.07, 6.45) is 0.733. The minimum absolute atomic E-state index is 0.0926. The van der Waals surface area contributed by atoms with Gasteiger partial charge < -0.3 is 4.74 Å². The Kier molecular flexibility index (Phi) is 4.45. The van der Waals surface area contributed by atoms with Gasteiger partial charge in [-0.05, 0) is 6.92 Å². The van der Waals surface area contributed by atoms with Crippen molar-refractivity contribution < 1.29 is 23.0 Å². The smallest absolute Gasteiger partial charge is 0.304 e. The average Bonchev–Trinajstić information content (AvgIpc) is 2.28. The first kappa shape index (κ1) is 15.6. The molecule has 0 heterocycles. The van der Waals surface area contributed by atoms with Crippen molar-refractivity contribution in [2.45, 2.75) is 6.92 Å². The fourth-order valence-electron chi connectivity index (χ4n) is 1.41. The molecule has 20 heavy (non-hydrogen) atoms. The molecule has 0 aromatic heterocycles. The van der Waals surface area contributed by atoms with Crippen LogP contribution in [0.2, 0.25) is 0 Å². The number of hydrogen-bond acceptors (Lipinski definition) is 7. The van der Waals surface area contributed by atoms with Crippen LogP contribution in [-0.2, 0) is 10.0 Å². The van der Waals surface area contributed by atoms with Crippen molar-refractivity contribution in [3.05, 3.63) is 32.4 Å². The molecule has 1 N–H and O–H groups in total. The molecule has 0 atom stereocenters. The summed E-state index contributed by atoms with van der Waals surface area (Å²) < 4.78 is 29.1. The zero-order valence-corrected chi connectivity index (χ0v) is 11.3. The second-order valence-corrected chi connectivity index (χ2v) is 5.41. The highest BCUT2D eigenvalue weighted by Gasteiger charge is 2.29. The van der Waals surface area contributed by atoms with Crippen LogP contribution in [-0.4, -0.2) is 31.1 Å². The molecule has 1 aromatic rings. The van der Waals surface area contributed by atoms with Crippen LogP contribution in [0.4, 0.5) is 17.1 Å². The lowest BCUT2D eigenvalue weighted by Gasteiger charge is -2.08. The maximum atomic E-state index is 11.2. The van der Waals surface area contributed by atoms with Crippen molar-refractivity contribution in [3.63, 3.8) is 0 Å². The van der Waals surface area contributed by atoms with Crippen LogP contribution in [0.1, 0.15) is 6.92 Å². The van der Waals surface area contributed by atoms with Gasteiger partial charge in [0.05, 0.1) is 34.8 Å². The molecule has 110 valence electrons. The number of anilines is 1. The Balaban J connectivity index is 3.59. The molecule has 0 saturated carbocycles. The van der Waals surface area contributed by atoms with Crippen LogP contribution < -0.4 is 9.46 Å². The summed E-state index contributed by atoms with van der Waals surface area (Å²) in [4.78, 5) is 20.0. The molecule has 0 fully saturated rings. The summed E-state index contributed by atoms with van der Waals surface area (Å²) in [5.74, 6) is -0.0926. The Morgan fingerprint density at radius 2 is 1.65 bits per heavy atom. The van der Waals surface area contributed by atoms with E-state index in [0.717, 1.165) is 18.4 Å². The lowest BCUT2D eigenvalue weighted by Crippen LogP contribution is -2.13. The third kappa shape index (κ3) is 3.78. The van der Waals surface area contributed by atoms with Gasteiger partial charge in [0.15, 0.2) is 0 Å². The molecule has 11 heteroatoms. The molecule has 1 aromatic carbocycles. The predicted molar refractivity (Wildman–Crippen MR) is 69.4 cm³/mol. The van der Waals surface area contributed by atoms with E-state index < -0.39 is 36.9 Å². The number of rotatable bonds is 6. The van der Waals surface area contributed by atoms with E-state index in [2.05, 4.69) is 0 Å². The molecule has 0 amide bonds. The molecule has 0 aliphatic carbocycles. The standard InChI is InChI=1S/C9H11N3O7S/c1-3-19-6-4-7(11(13)14)9(10-20(2,17)18)8(5-6)12(15)16/h4-5,10H,3H2,1-2H3. The Morgan fingerprint density at radius 3 is 1.95 bits per heavy atom. The fourth-order valence-corrected chi connectivity index (χ4v) is 1.99. The topological polar surface area (TPSA) is 142 Å². The molecule has 0 saturated heterocycles. The Morgan fingerprint density at radius 1 is 1.20 bits per heavy atom. The first-order chi connectivity index (χ1) is 9.15. The van der Waals surface area contributed by atoms with Gasteiger partial charge in [-0.25, -0.2) is 8.42 Å². The van der Waals surface area contributed by atoms with Gasteiger partial charge in [0.1, 0.15) is 5.75 Å². The Hall–Kier alpha value is -2.43. The second-order valence-electron chi connectivity index (χ2n) is 3.66. The van der Waals surface area contributed by atoms with Gasteiger partial charge in [-0.2, -0.15) is 0 Å². The van der Waals surface area contributed by atoms with Gasteiger partial charge >= 0.3 is 11.4 Å². The number of nitrogens with one attached hydrogen (secondary N) is 1. The quantitative estimate of drug-likeness (QED) is 0.616. The molecule has 0 aliphatic heterocycles. The van der Waals surface area contributed by atoms with E-state index in [1.54, 1.807) is 11.6 Å². The fraction of sp³-hybridized carbons (Fsp3) is 0.333. The molecule has 0 unspecified atom stereocenters. The lowest BCUT2D eigenvalue weighted by atomic mass is 10.2. The van der Waals surface area contributed by atoms with E-state index in [1.165, 1.54) is 0 Å². The van der Waals surface area contributed by atoms with Gasteiger partial charge in [-0.3, -0.25) is 25.0 Å². The van der Waals surface area contributed by atoms with Gasteiger partial charge in [-0.1, -0.05) is 0 Å². The average molecular weight is 305 g/mol. The van der Waals surface area contributed by atoms with Crippen LogP contribution in [0.25, 0.3) is 0 Å². The monoisotopic (exact) mass is 305 g/mol. The summed E-state index contributed by atoms with van der Waals surface area (Å²) in [6, 6.07) is 1.84. The summed E-state index contributed by atoms with van der Waals surface area (Å²) in [5.41, 5.74) is -2.22. The van der Waals surface area contributed by atoms with Gasteiger partial charge in [0.25, 0.3) is 0 Å². The van der Waals surface area contributed by atoms with Crippen LogP contribution in [0, 0.1) is 20.2 Å². The van der Waals surface area contributed by atoms with Crippen molar-refractivity contribution >= 4 is 27.1 Å².